The molecule has 4 unspecified atom stereocenters. The summed E-state index contributed by atoms with van der Waals surface area (Å²) < 4.78 is 0. The van der Waals surface area contributed by atoms with Crippen molar-refractivity contribution in [2.75, 3.05) is 13.1 Å². The Balaban J connectivity index is 1.75. The van der Waals surface area contributed by atoms with Crippen LogP contribution in [-0.4, -0.2) is 47.2 Å². The van der Waals surface area contributed by atoms with Gasteiger partial charge >= 0.3 is 0 Å². The molecule has 0 aromatic carbocycles. The van der Waals surface area contributed by atoms with Crippen molar-refractivity contribution in [2.45, 2.75) is 82.4 Å². The summed E-state index contributed by atoms with van der Waals surface area (Å²) in [6, 6.07) is 0.467. The van der Waals surface area contributed by atoms with Crippen LogP contribution in [0.2, 0.25) is 0 Å². The molecule has 120 valence electrons. The van der Waals surface area contributed by atoms with Crippen molar-refractivity contribution in [3.05, 3.63) is 0 Å². The number of hydrogen-bond acceptors (Lipinski definition) is 3. The van der Waals surface area contributed by atoms with E-state index < -0.39 is 0 Å². The van der Waals surface area contributed by atoms with Crippen molar-refractivity contribution in [2.24, 2.45) is 5.92 Å². The van der Waals surface area contributed by atoms with Gasteiger partial charge in [-0.25, -0.2) is 0 Å². The second kappa shape index (κ2) is 7.10. The molecule has 0 aromatic heterocycles. The highest BCUT2D eigenvalue weighted by molar-refractivity contribution is 5.82. The van der Waals surface area contributed by atoms with Gasteiger partial charge in [0.05, 0.1) is 12.1 Å². The SMILES string of the molecule is O=C1NCCCCC1N1CCCCC1C1CCCCC1O. The Morgan fingerprint density at radius 2 is 1.71 bits per heavy atom. The van der Waals surface area contributed by atoms with Crippen LogP contribution in [0, 0.1) is 5.92 Å². The van der Waals surface area contributed by atoms with Crippen LogP contribution in [0.1, 0.15) is 64.2 Å². The summed E-state index contributed by atoms with van der Waals surface area (Å²) in [5.74, 6) is 0.611. The Morgan fingerprint density at radius 3 is 2.57 bits per heavy atom. The second-order valence-electron chi connectivity index (χ2n) is 7.12. The number of likely N-dealkylation sites (tertiary alicyclic amines) is 1. The summed E-state index contributed by atoms with van der Waals surface area (Å²) in [6.07, 6.45) is 11.2. The molecule has 4 nitrogen and oxygen atoms in total. The minimum absolute atomic E-state index is 0.0481. The minimum Gasteiger partial charge on any atom is -0.393 e. The molecule has 2 aliphatic heterocycles. The van der Waals surface area contributed by atoms with Gasteiger partial charge in [0.25, 0.3) is 0 Å². The lowest BCUT2D eigenvalue weighted by atomic mass is 9.77. The van der Waals surface area contributed by atoms with Gasteiger partial charge in [-0.1, -0.05) is 19.3 Å². The molecule has 0 bridgehead atoms. The van der Waals surface area contributed by atoms with E-state index in [0.717, 1.165) is 58.0 Å². The Kier molecular flexibility index (Phi) is 5.17. The van der Waals surface area contributed by atoms with E-state index >= 15 is 0 Å². The third-order valence-electron chi connectivity index (χ3n) is 5.77. The van der Waals surface area contributed by atoms with Gasteiger partial charge in [-0.15, -0.1) is 0 Å². The number of nitrogens with one attached hydrogen (secondary N) is 1. The summed E-state index contributed by atoms with van der Waals surface area (Å²) in [4.78, 5) is 14.9. The molecule has 3 aliphatic rings. The maximum Gasteiger partial charge on any atom is 0.237 e. The molecule has 1 amide bonds. The van der Waals surface area contributed by atoms with Gasteiger partial charge in [-0.2, -0.15) is 0 Å². The lowest BCUT2D eigenvalue weighted by Crippen LogP contribution is -2.56. The Hall–Kier alpha value is -0.610. The molecule has 0 aromatic rings. The van der Waals surface area contributed by atoms with Crippen molar-refractivity contribution >= 4 is 5.91 Å². The molecular formula is C17H30N2O2. The fourth-order valence-electron chi connectivity index (χ4n) is 4.65. The zero-order chi connectivity index (χ0) is 14.7. The van der Waals surface area contributed by atoms with Crippen molar-refractivity contribution in [1.29, 1.82) is 0 Å². The lowest BCUT2D eigenvalue weighted by molar-refractivity contribution is -0.129. The van der Waals surface area contributed by atoms with Crippen LogP contribution in [0.3, 0.4) is 0 Å². The van der Waals surface area contributed by atoms with Gasteiger partial charge in [-0.3, -0.25) is 9.69 Å². The van der Waals surface area contributed by atoms with Crippen LogP contribution in [0.25, 0.3) is 0 Å². The first-order chi connectivity index (χ1) is 10.3. The molecule has 4 heteroatoms. The third kappa shape index (κ3) is 3.42. The number of rotatable bonds is 2. The summed E-state index contributed by atoms with van der Waals surface area (Å²) >= 11 is 0. The Morgan fingerprint density at radius 1 is 0.952 bits per heavy atom. The van der Waals surface area contributed by atoms with Crippen LogP contribution < -0.4 is 5.32 Å². The molecule has 1 aliphatic carbocycles. The molecule has 0 radical (unpaired) electrons. The summed E-state index contributed by atoms with van der Waals surface area (Å²) in [6.45, 7) is 1.87. The third-order valence-corrected chi connectivity index (χ3v) is 5.77. The van der Waals surface area contributed by atoms with E-state index in [1.165, 1.54) is 19.3 Å². The minimum atomic E-state index is -0.154. The van der Waals surface area contributed by atoms with E-state index in [0.29, 0.717) is 12.0 Å². The highest BCUT2D eigenvalue weighted by Gasteiger charge is 2.40. The standard InChI is InChI=1S/C17H30N2O2/c20-16-10-2-1-7-13(16)14-8-4-6-12-19(14)15-9-3-5-11-18-17(15)21/h13-16,20H,1-12H2,(H,18,21). The van der Waals surface area contributed by atoms with Gasteiger partial charge in [0.1, 0.15) is 0 Å². The molecular weight excluding hydrogens is 264 g/mol. The van der Waals surface area contributed by atoms with Crippen LogP contribution in [0.4, 0.5) is 0 Å². The predicted molar refractivity (Wildman–Crippen MR) is 83.0 cm³/mol. The molecule has 1 saturated carbocycles. The van der Waals surface area contributed by atoms with Gasteiger partial charge in [-0.05, 0) is 51.5 Å². The number of amides is 1. The van der Waals surface area contributed by atoms with E-state index in [-0.39, 0.29) is 18.1 Å². The smallest absolute Gasteiger partial charge is 0.237 e. The molecule has 3 fully saturated rings. The number of piperidine rings is 1. The monoisotopic (exact) mass is 294 g/mol. The first kappa shape index (κ1) is 15.3. The van der Waals surface area contributed by atoms with E-state index in [4.69, 9.17) is 0 Å². The number of aliphatic hydroxyl groups is 1. The van der Waals surface area contributed by atoms with E-state index in [9.17, 15) is 9.90 Å². The van der Waals surface area contributed by atoms with Crippen molar-refractivity contribution in [1.82, 2.24) is 10.2 Å². The molecule has 2 saturated heterocycles. The fourth-order valence-corrected chi connectivity index (χ4v) is 4.65. The largest absolute Gasteiger partial charge is 0.393 e. The zero-order valence-corrected chi connectivity index (χ0v) is 13.1. The molecule has 2 heterocycles. The number of aliphatic hydroxyl groups excluding tert-OH is 1. The maximum absolute atomic E-state index is 12.4. The summed E-state index contributed by atoms with van der Waals surface area (Å²) in [7, 11) is 0. The van der Waals surface area contributed by atoms with Gasteiger partial charge in [0.15, 0.2) is 0 Å². The van der Waals surface area contributed by atoms with Gasteiger partial charge in [0.2, 0.25) is 5.91 Å². The van der Waals surface area contributed by atoms with Crippen LogP contribution in [-0.2, 0) is 4.79 Å². The average Bonchev–Trinajstić information content (AvgIpc) is 2.72. The van der Waals surface area contributed by atoms with Crippen LogP contribution >= 0.6 is 0 Å². The Labute approximate surface area is 128 Å². The number of carbonyl (C=O) groups excluding carboxylic acids is 1. The number of nitrogens with zero attached hydrogens (tertiary/aromatic N) is 1. The molecule has 4 atom stereocenters. The maximum atomic E-state index is 12.4. The van der Waals surface area contributed by atoms with Crippen LogP contribution in [0.15, 0.2) is 0 Å². The van der Waals surface area contributed by atoms with Crippen molar-refractivity contribution < 1.29 is 9.90 Å². The summed E-state index contributed by atoms with van der Waals surface area (Å²) in [5.41, 5.74) is 0. The van der Waals surface area contributed by atoms with Gasteiger partial charge in [0, 0.05) is 18.5 Å². The predicted octanol–water partition coefficient (Wildman–Crippen LogP) is 2.06. The highest BCUT2D eigenvalue weighted by atomic mass is 16.3. The van der Waals surface area contributed by atoms with E-state index in [1.54, 1.807) is 0 Å². The second-order valence-corrected chi connectivity index (χ2v) is 7.12. The quantitative estimate of drug-likeness (QED) is 0.819. The normalized spacial score (nSPS) is 39.6. The lowest BCUT2D eigenvalue weighted by Gasteiger charge is -2.46. The topological polar surface area (TPSA) is 52.6 Å². The fraction of sp³-hybridized carbons (Fsp3) is 0.941. The van der Waals surface area contributed by atoms with E-state index in [2.05, 4.69) is 10.2 Å². The van der Waals surface area contributed by atoms with Crippen molar-refractivity contribution in [3.8, 4) is 0 Å². The van der Waals surface area contributed by atoms with Crippen molar-refractivity contribution in [3.63, 3.8) is 0 Å². The first-order valence-corrected chi connectivity index (χ1v) is 8.99. The number of hydrogen-bond donors (Lipinski definition) is 2. The molecule has 21 heavy (non-hydrogen) atoms. The zero-order valence-electron chi connectivity index (χ0n) is 13.1. The highest BCUT2D eigenvalue weighted by Crippen LogP contribution is 2.35. The first-order valence-electron chi connectivity index (χ1n) is 8.99. The summed E-state index contributed by atoms with van der Waals surface area (Å²) in [5, 5.41) is 13.5. The molecule has 0 spiro atoms. The van der Waals surface area contributed by atoms with Gasteiger partial charge < -0.3 is 10.4 Å². The average molecular weight is 294 g/mol. The number of carbonyl (C=O) groups is 1. The molecule has 2 N–H and O–H groups in total. The Bertz CT molecular complexity index is 361. The van der Waals surface area contributed by atoms with Crippen LogP contribution in [0.5, 0.6) is 0 Å². The molecule has 3 rings (SSSR count). The van der Waals surface area contributed by atoms with E-state index in [1.807, 2.05) is 0 Å².